The van der Waals surface area contributed by atoms with Gasteiger partial charge >= 0.3 is 0 Å². The second-order valence-corrected chi connectivity index (χ2v) is 5.63. The Morgan fingerprint density at radius 1 is 1.13 bits per heavy atom. The second kappa shape index (κ2) is 5.37. The number of aromatic amines is 1. The highest BCUT2D eigenvalue weighted by Crippen LogP contribution is 2.22. The van der Waals surface area contributed by atoms with Crippen LogP contribution in [-0.4, -0.2) is 14.7 Å². The van der Waals surface area contributed by atoms with E-state index in [1.165, 1.54) is 0 Å². The van der Waals surface area contributed by atoms with Crippen molar-refractivity contribution < 1.29 is 5.11 Å². The molecule has 0 spiro atoms. The van der Waals surface area contributed by atoms with Crippen molar-refractivity contribution in [2.24, 2.45) is 4.99 Å². The van der Waals surface area contributed by atoms with E-state index in [4.69, 9.17) is 12.2 Å². The van der Waals surface area contributed by atoms with E-state index in [-0.39, 0.29) is 5.88 Å². The highest BCUT2D eigenvalue weighted by Gasteiger charge is 2.10. The van der Waals surface area contributed by atoms with Crippen LogP contribution in [0.15, 0.2) is 59.7 Å². The van der Waals surface area contributed by atoms with Crippen LogP contribution < -0.4 is 10.6 Å². The highest BCUT2D eigenvalue weighted by molar-refractivity contribution is 7.71. The average Bonchev–Trinajstić information content (AvgIpc) is 3.13. The maximum Gasteiger partial charge on any atom is 0.222 e. The molecule has 2 N–H and O–H groups in total. The van der Waals surface area contributed by atoms with Gasteiger partial charge in [0.1, 0.15) is 5.69 Å². The summed E-state index contributed by atoms with van der Waals surface area (Å²) in [6, 6.07) is 15.5. The van der Waals surface area contributed by atoms with Crippen LogP contribution in [0.4, 0.5) is 0 Å². The zero-order valence-electron chi connectivity index (χ0n) is 12.1. The zero-order chi connectivity index (χ0) is 15.8. The predicted octanol–water partition coefficient (Wildman–Crippen LogP) is 2.67. The molecule has 0 saturated carbocycles. The average molecular weight is 319 g/mol. The lowest BCUT2D eigenvalue weighted by Crippen LogP contribution is -2.10. The Morgan fingerprint density at radius 2 is 1.96 bits per heavy atom. The lowest BCUT2D eigenvalue weighted by atomic mass is 10.1. The molecular formula is C18H13N3OS. The normalized spacial score (nSPS) is 13.1. The van der Waals surface area contributed by atoms with Gasteiger partial charge in [0.25, 0.3) is 0 Å². The minimum absolute atomic E-state index is 0.0990. The quantitative estimate of drug-likeness (QED) is 0.714. The fraction of sp³-hybridized carbons (Fsp3) is 0. The number of nitrogens with zero attached hydrogens (tertiary/aromatic N) is 2. The Balaban J connectivity index is 1.86. The number of H-pyrrole nitrogens is 1. The van der Waals surface area contributed by atoms with Crippen LogP contribution in [0.2, 0.25) is 0 Å². The Morgan fingerprint density at radius 3 is 2.78 bits per heavy atom. The van der Waals surface area contributed by atoms with E-state index in [0.717, 1.165) is 21.8 Å². The van der Waals surface area contributed by atoms with Crippen molar-refractivity contribution >= 4 is 24.4 Å². The van der Waals surface area contributed by atoms with Gasteiger partial charge in [-0.2, -0.15) is 0 Å². The van der Waals surface area contributed by atoms with Crippen molar-refractivity contribution in [1.82, 2.24) is 9.55 Å². The number of benzene rings is 2. The molecule has 3 aromatic rings. The molecule has 4 nitrogen and oxygen atoms in total. The standard InChI is InChI=1S/C18H13N3OS/c22-17-16(11-12-6-7-15-13(10-12)8-9-19-15)20-18(23)21(17)14-4-2-1-3-5-14/h1-11,22H,(H,20,23). The monoisotopic (exact) mass is 319 g/mol. The minimum Gasteiger partial charge on any atom is -0.493 e. The molecule has 2 aromatic carbocycles. The Labute approximate surface area is 137 Å². The van der Waals surface area contributed by atoms with Crippen molar-refractivity contribution in [3.8, 4) is 11.6 Å². The van der Waals surface area contributed by atoms with Gasteiger partial charge in [0, 0.05) is 11.8 Å². The Bertz CT molecular complexity index is 1090. The van der Waals surface area contributed by atoms with Crippen molar-refractivity contribution in [3.63, 3.8) is 0 Å². The van der Waals surface area contributed by atoms with E-state index in [0.29, 0.717) is 10.5 Å². The summed E-state index contributed by atoms with van der Waals surface area (Å²) in [5.41, 5.74) is 2.47. The van der Waals surface area contributed by atoms with Gasteiger partial charge in [0.2, 0.25) is 5.88 Å². The van der Waals surface area contributed by atoms with Crippen LogP contribution in [-0.2, 0) is 0 Å². The van der Waals surface area contributed by atoms with Crippen LogP contribution in [0, 0.1) is 4.77 Å². The first kappa shape index (κ1) is 13.7. The predicted molar refractivity (Wildman–Crippen MR) is 92.4 cm³/mol. The Kier molecular flexibility index (Phi) is 3.20. The SMILES string of the molecule is Oc1c(C=c2ccc3c(c2)C=CN=3)[nH]c(=S)n1-c1ccccc1. The lowest BCUT2D eigenvalue weighted by molar-refractivity contribution is 0.440. The van der Waals surface area contributed by atoms with Gasteiger partial charge < -0.3 is 10.1 Å². The van der Waals surface area contributed by atoms with Gasteiger partial charge in [-0.25, -0.2) is 0 Å². The van der Waals surface area contributed by atoms with E-state index in [1.807, 2.05) is 60.7 Å². The summed E-state index contributed by atoms with van der Waals surface area (Å²) in [5, 5.41) is 12.4. The summed E-state index contributed by atoms with van der Waals surface area (Å²) in [4.78, 5) is 7.31. The summed E-state index contributed by atoms with van der Waals surface area (Å²) >= 11 is 5.34. The van der Waals surface area contributed by atoms with Gasteiger partial charge in [-0.15, -0.1) is 0 Å². The first-order valence-electron chi connectivity index (χ1n) is 7.18. The van der Waals surface area contributed by atoms with Gasteiger partial charge in [-0.1, -0.05) is 24.3 Å². The highest BCUT2D eigenvalue weighted by atomic mass is 32.1. The third-order valence-corrected chi connectivity index (χ3v) is 4.03. The maximum atomic E-state index is 10.5. The third kappa shape index (κ3) is 2.41. The summed E-state index contributed by atoms with van der Waals surface area (Å²) in [6.07, 6.45) is 5.62. The van der Waals surface area contributed by atoms with Gasteiger partial charge in [0.05, 0.1) is 11.0 Å². The summed E-state index contributed by atoms with van der Waals surface area (Å²) in [6.45, 7) is 0. The zero-order valence-corrected chi connectivity index (χ0v) is 12.9. The Hall–Kier alpha value is -2.92. The summed E-state index contributed by atoms with van der Waals surface area (Å²) in [7, 11) is 0. The van der Waals surface area contributed by atoms with Gasteiger partial charge in [-0.3, -0.25) is 9.56 Å². The number of rotatable bonds is 2. The molecule has 0 amide bonds. The molecule has 2 heterocycles. The van der Waals surface area contributed by atoms with Gasteiger partial charge in [0.15, 0.2) is 4.77 Å². The molecule has 1 aliphatic rings. The first-order chi connectivity index (χ1) is 11.2. The number of imidazole rings is 1. The number of nitrogens with one attached hydrogen (secondary N) is 1. The lowest BCUT2D eigenvalue weighted by Gasteiger charge is -2.03. The molecule has 0 atom stereocenters. The topological polar surface area (TPSA) is 53.3 Å². The molecule has 112 valence electrons. The van der Waals surface area contributed by atoms with E-state index in [1.54, 1.807) is 10.8 Å². The molecule has 1 aromatic heterocycles. The van der Waals surface area contributed by atoms with Crippen molar-refractivity contribution in [2.45, 2.75) is 0 Å². The van der Waals surface area contributed by atoms with Crippen molar-refractivity contribution in [2.75, 3.05) is 0 Å². The fourth-order valence-electron chi connectivity index (χ4n) is 2.64. The molecule has 0 aliphatic carbocycles. The van der Waals surface area contributed by atoms with Crippen LogP contribution >= 0.6 is 12.2 Å². The number of fused-ring (bicyclic) bond motifs is 1. The second-order valence-electron chi connectivity index (χ2n) is 5.25. The van der Waals surface area contributed by atoms with E-state index in [9.17, 15) is 5.11 Å². The molecule has 0 radical (unpaired) electrons. The molecule has 23 heavy (non-hydrogen) atoms. The number of aromatic hydroxyl groups is 1. The minimum atomic E-state index is 0.0990. The maximum absolute atomic E-state index is 10.5. The molecule has 0 unspecified atom stereocenters. The van der Waals surface area contributed by atoms with Crippen LogP contribution in [0.1, 0.15) is 11.3 Å². The van der Waals surface area contributed by atoms with Crippen molar-refractivity contribution in [3.05, 3.63) is 81.3 Å². The molecule has 0 fully saturated rings. The van der Waals surface area contributed by atoms with Crippen molar-refractivity contribution in [1.29, 1.82) is 0 Å². The number of para-hydroxylation sites is 1. The smallest absolute Gasteiger partial charge is 0.222 e. The molecular weight excluding hydrogens is 306 g/mol. The number of hydrogen-bond acceptors (Lipinski definition) is 3. The molecule has 0 saturated heterocycles. The third-order valence-electron chi connectivity index (χ3n) is 3.74. The van der Waals surface area contributed by atoms with Crippen LogP contribution in [0.3, 0.4) is 0 Å². The first-order valence-corrected chi connectivity index (χ1v) is 7.59. The van der Waals surface area contributed by atoms with E-state index >= 15 is 0 Å². The largest absolute Gasteiger partial charge is 0.493 e. The van der Waals surface area contributed by atoms with E-state index < -0.39 is 0 Å². The fourth-order valence-corrected chi connectivity index (χ4v) is 2.94. The van der Waals surface area contributed by atoms with E-state index in [2.05, 4.69) is 9.98 Å². The molecule has 0 bridgehead atoms. The molecule has 1 aliphatic heterocycles. The molecule has 4 rings (SSSR count). The number of aromatic nitrogens is 2. The van der Waals surface area contributed by atoms with Crippen LogP contribution in [0.5, 0.6) is 5.88 Å². The van der Waals surface area contributed by atoms with Crippen LogP contribution in [0.25, 0.3) is 17.8 Å². The molecule has 5 heteroatoms. The van der Waals surface area contributed by atoms with Gasteiger partial charge in [-0.05, 0) is 53.9 Å². The summed E-state index contributed by atoms with van der Waals surface area (Å²) in [5.74, 6) is 0.0990. The number of hydrogen-bond donors (Lipinski definition) is 2. The summed E-state index contributed by atoms with van der Waals surface area (Å²) < 4.78 is 2.07.